The van der Waals surface area contributed by atoms with Crippen LogP contribution in [0.5, 0.6) is 0 Å². The van der Waals surface area contributed by atoms with E-state index < -0.39 is 0 Å². The van der Waals surface area contributed by atoms with Crippen molar-refractivity contribution in [1.82, 2.24) is 9.55 Å². The van der Waals surface area contributed by atoms with Crippen LogP contribution in [-0.4, -0.2) is 9.55 Å². The maximum absolute atomic E-state index is 5.92. The monoisotopic (exact) mass is 203 g/mol. The average Bonchev–Trinajstić information content (AvgIpc) is 2.41. The molecule has 0 amide bonds. The molecule has 0 radical (unpaired) electrons. The van der Waals surface area contributed by atoms with Crippen molar-refractivity contribution in [3.8, 4) is 0 Å². The SMILES string of the molecule is Cc1cc2nc(C)n(C(C)C)c2cc1N. The van der Waals surface area contributed by atoms with Crippen molar-refractivity contribution in [3.63, 3.8) is 0 Å². The van der Waals surface area contributed by atoms with E-state index in [-0.39, 0.29) is 0 Å². The Labute approximate surface area is 89.9 Å². The Morgan fingerprint density at radius 3 is 2.53 bits per heavy atom. The highest BCUT2D eigenvalue weighted by atomic mass is 15.1. The van der Waals surface area contributed by atoms with E-state index in [2.05, 4.69) is 29.5 Å². The maximum atomic E-state index is 5.92. The number of rotatable bonds is 1. The first kappa shape index (κ1) is 10.0. The minimum Gasteiger partial charge on any atom is -0.398 e. The number of fused-ring (bicyclic) bond motifs is 1. The highest BCUT2D eigenvalue weighted by molar-refractivity contribution is 5.81. The van der Waals surface area contributed by atoms with Gasteiger partial charge in [0.25, 0.3) is 0 Å². The lowest BCUT2D eigenvalue weighted by Crippen LogP contribution is -2.03. The number of aryl methyl sites for hydroxylation is 2. The Kier molecular flexibility index (Phi) is 2.18. The average molecular weight is 203 g/mol. The lowest BCUT2D eigenvalue weighted by molar-refractivity contribution is 0.600. The summed E-state index contributed by atoms with van der Waals surface area (Å²) >= 11 is 0. The zero-order valence-electron chi connectivity index (χ0n) is 9.70. The predicted octanol–water partition coefficient (Wildman–Crippen LogP) is 2.82. The molecule has 0 spiro atoms. The second-order valence-electron chi connectivity index (χ2n) is 4.32. The van der Waals surface area contributed by atoms with Crippen LogP contribution in [0.2, 0.25) is 0 Å². The Balaban J connectivity index is 2.81. The molecule has 1 heterocycles. The largest absolute Gasteiger partial charge is 0.398 e. The molecule has 80 valence electrons. The third kappa shape index (κ3) is 1.48. The highest BCUT2D eigenvalue weighted by Gasteiger charge is 2.11. The van der Waals surface area contributed by atoms with Crippen LogP contribution in [-0.2, 0) is 0 Å². The fourth-order valence-corrected chi connectivity index (χ4v) is 2.03. The van der Waals surface area contributed by atoms with Crippen LogP contribution in [0.3, 0.4) is 0 Å². The summed E-state index contributed by atoms with van der Waals surface area (Å²) in [5, 5.41) is 0. The number of nitrogen functional groups attached to an aromatic ring is 1. The first-order valence-electron chi connectivity index (χ1n) is 5.25. The molecule has 2 rings (SSSR count). The molecule has 15 heavy (non-hydrogen) atoms. The number of hydrogen-bond acceptors (Lipinski definition) is 2. The lowest BCUT2D eigenvalue weighted by Gasteiger charge is -2.11. The quantitative estimate of drug-likeness (QED) is 0.724. The van der Waals surface area contributed by atoms with Crippen molar-refractivity contribution < 1.29 is 0 Å². The van der Waals surface area contributed by atoms with Crippen molar-refractivity contribution in [1.29, 1.82) is 0 Å². The molecule has 0 aliphatic heterocycles. The Bertz CT molecular complexity index is 509. The van der Waals surface area contributed by atoms with E-state index in [9.17, 15) is 0 Å². The van der Waals surface area contributed by atoms with E-state index in [1.54, 1.807) is 0 Å². The fraction of sp³-hybridized carbons (Fsp3) is 0.417. The van der Waals surface area contributed by atoms with Gasteiger partial charge in [0.05, 0.1) is 11.0 Å². The Morgan fingerprint density at radius 1 is 1.27 bits per heavy atom. The smallest absolute Gasteiger partial charge is 0.106 e. The molecule has 0 unspecified atom stereocenters. The van der Waals surface area contributed by atoms with Gasteiger partial charge in [-0.1, -0.05) is 0 Å². The van der Waals surface area contributed by atoms with Crippen LogP contribution in [0.4, 0.5) is 5.69 Å². The van der Waals surface area contributed by atoms with Gasteiger partial charge in [-0.3, -0.25) is 0 Å². The second-order valence-corrected chi connectivity index (χ2v) is 4.32. The molecule has 1 aromatic carbocycles. The van der Waals surface area contributed by atoms with E-state index in [0.29, 0.717) is 6.04 Å². The summed E-state index contributed by atoms with van der Waals surface area (Å²) in [5.74, 6) is 1.05. The van der Waals surface area contributed by atoms with Crippen molar-refractivity contribution in [2.75, 3.05) is 5.73 Å². The molecule has 0 atom stereocenters. The molecule has 3 nitrogen and oxygen atoms in total. The van der Waals surface area contributed by atoms with Crippen LogP contribution < -0.4 is 5.73 Å². The normalized spacial score (nSPS) is 11.5. The molecular weight excluding hydrogens is 186 g/mol. The molecule has 0 bridgehead atoms. The minimum absolute atomic E-state index is 0.414. The van der Waals surface area contributed by atoms with E-state index in [4.69, 9.17) is 5.73 Å². The van der Waals surface area contributed by atoms with Crippen LogP contribution >= 0.6 is 0 Å². The van der Waals surface area contributed by atoms with E-state index in [0.717, 1.165) is 28.1 Å². The van der Waals surface area contributed by atoms with Gasteiger partial charge in [0, 0.05) is 11.7 Å². The summed E-state index contributed by atoms with van der Waals surface area (Å²) in [6, 6.07) is 4.48. The summed E-state index contributed by atoms with van der Waals surface area (Å²) in [7, 11) is 0. The van der Waals surface area contributed by atoms with E-state index >= 15 is 0 Å². The zero-order valence-corrected chi connectivity index (χ0v) is 9.70. The van der Waals surface area contributed by atoms with Gasteiger partial charge in [0.15, 0.2) is 0 Å². The summed E-state index contributed by atoms with van der Waals surface area (Å²) in [6.45, 7) is 8.36. The first-order chi connectivity index (χ1) is 7.00. The molecule has 0 saturated heterocycles. The van der Waals surface area contributed by atoms with Crippen molar-refractivity contribution >= 4 is 16.7 Å². The van der Waals surface area contributed by atoms with Crippen LogP contribution in [0.1, 0.15) is 31.3 Å². The van der Waals surface area contributed by atoms with Gasteiger partial charge in [0.1, 0.15) is 5.82 Å². The topological polar surface area (TPSA) is 43.8 Å². The molecule has 0 aliphatic rings. The van der Waals surface area contributed by atoms with Crippen molar-refractivity contribution in [3.05, 3.63) is 23.5 Å². The molecule has 2 N–H and O–H groups in total. The number of nitrogens with zero attached hydrogens (tertiary/aromatic N) is 2. The molecule has 1 aromatic heterocycles. The summed E-state index contributed by atoms with van der Waals surface area (Å²) in [6.07, 6.45) is 0. The summed E-state index contributed by atoms with van der Waals surface area (Å²) < 4.78 is 2.21. The molecule has 3 heteroatoms. The van der Waals surface area contributed by atoms with Gasteiger partial charge in [-0.25, -0.2) is 4.98 Å². The zero-order chi connectivity index (χ0) is 11.2. The lowest BCUT2D eigenvalue weighted by atomic mass is 10.2. The van der Waals surface area contributed by atoms with E-state index in [1.807, 2.05) is 19.9 Å². The van der Waals surface area contributed by atoms with E-state index in [1.165, 1.54) is 0 Å². The van der Waals surface area contributed by atoms with Gasteiger partial charge in [-0.05, 0) is 45.4 Å². The van der Waals surface area contributed by atoms with Gasteiger partial charge in [-0.15, -0.1) is 0 Å². The van der Waals surface area contributed by atoms with Gasteiger partial charge < -0.3 is 10.3 Å². The van der Waals surface area contributed by atoms with Crippen molar-refractivity contribution in [2.24, 2.45) is 0 Å². The number of benzene rings is 1. The van der Waals surface area contributed by atoms with Gasteiger partial charge in [0.2, 0.25) is 0 Å². The molecule has 0 saturated carbocycles. The summed E-state index contributed by atoms with van der Waals surface area (Å²) in [4.78, 5) is 4.54. The molecule has 2 aromatic rings. The number of nitrogens with two attached hydrogens (primary N) is 1. The van der Waals surface area contributed by atoms with Crippen molar-refractivity contribution in [2.45, 2.75) is 33.7 Å². The van der Waals surface area contributed by atoms with Crippen LogP contribution in [0, 0.1) is 13.8 Å². The Hall–Kier alpha value is -1.51. The number of aromatic nitrogens is 2. The maximum Gasteiger partial charge on any atom is 0.106 e. The number of anilines is 1. The molecular formula is C12H17N3. The first-order valence-corrected chi connectivity index (χ1v) is 5.25. The minimum atomic E-state index is 0.414. The number of hydrogen-bond donors (Lipinski definition) is 1. The second kappa shape index (κ2) is 3.26. The van der Waals surface area contributed by atoms with Gasteiger partial charge >= 0.3 is 0 Å². The van der Waals surface area contributed by atoms with Crippen LogP contribution in [0.25, 0.3) is 11.0 Å². The third-order valence-corrected chi connectivity index (χ3v) is 2.77. The summed E-state index contributed by atoms with van der Waals surface area (Å²) in [5.41, 5.74) is 10.0. The van der Waals surface area contributed by atoms with Crippen LogP contribution in [0.15, 0.2) is 12.1 Å². The predicted molar refractivity (Wildman–Crippen MR) is 64.0 cm³/mol. The van der Waals surface area contributed by atoms with Gasteiger partial charge in [-0.2, -0.15) is 0 Å². The Morgan fingerprint density at radius 2 is 1.93 bits per heavy atom. The highest BCUT2D eigenvalue weighted by Crippen LogP contribution is 2.24. The third-order valence-electron chi connectivity index (χ3n) is 2.77. The standard InChI is InChI=1S/C12H17N3/c1-7(2)15-9(4)14-11-5-8(3)10(13)6-12(11)15/h5-7H,13H2,1-4H3. The number of imidazole rings is 1. The molecule has 0 aliphatic carbocycles. The fourth-order valence-electron chi connectivity index (χ4n) is 2.03. The molecule has 0 fully saturated rings.